The molecule has 118 valence electrons. The SMILES string of the molecule is O=C(O)CC(NC1(NC(CC(=O)O)C(=O)O)CO1)C(=O)O. The Labute approximate surface area is 117 Å². The van der Waals surface area contributed by atoms with E-state index in [1.165, 1.54) is 0 Å². The van der Waals surface area contributed by atoms with Crippen LogP contribution in [0.3, 0.4) is 0 Å². The second-order valence-corrected chi connectivity index (χ2v) is 4.38. The Balaban J connectivity index is 2.71. The summed E-state index contributed by atoms with van der Waals surface area (Å²) in [6.45, 7) is -0.125. The predicted molar refractivity (Wildman–Crippen MR) is 62.3 cm³/mol. The highest BCUT2D eigenvalue weighted by Crippen LogP contribution is 2.22. The number of aliphatic carboxylic acids is 4. The molecule has 1 aliphatic heterocycles. The fraction of sp³-hybridized carbons (Fsp3) is 0.600. The zero-order chi connectivity index (χ0) is 16.2. The summed E-state index contributed by atoms with van der Waals surface area (Å²) in [5.74, 6) is -7.22. The van der Waals surface area contributed by atoms with E-state index in [2.05, 4.69) is 10.6 Å². The first-order valence-electron chi connectivity index (χ1n) is 5.74. The molecule has 0 aromatic heterocycles. The highest BCUT2D eigenvalue weighted by atomic mass is 16.6. The molecular weight excluding hydrogens is 292 g/mol. The fourth-order valence-electron chi connectivity index (χ4n) is 1.59. The van der Waals surface area contributed by atoms with E-state index in [0.717, 1.165) is 0 Å². The van der Waals surface area contributed by atoms with Gasteiger partial charge in [0.2, 0.25) is 5.85 Å². The van der Waals surface area contributed by atoms with E-state index in [1.807, 2.05) is 0 Å². The first-order chi connectivity index (χ1) is 9.65. The van der Waals surface area contributed by atoms with Gasteiger partial charge in [0.05, 0.1) is 12.8 Å². The van der Waals surface area contributed by atoms with E-state index < -0.39 is 54.7 Å². The van der Waals surface area contributed by atoms with Gasteiger partial charge < -0.3 is 25.2 Å². The van der Waals surface area contributed by atoms with Gasteiger partial charge in [0.1, 0.15) is 18.7 Å². The van der Waals surface area contributed by atoms with Gasteiger partial charge in [-0.05, 0) is 0 Å². The second kappa shape index (κ2) is 6.47. The van der Waals surface area contributed by atoms with Crippen LogP contribution in [0.2, 0.25) is 0 Å². The van der Waals surface area contributed by atoms with Crippen LogP contribution in [0.15, 0.2) is 0 Å². The number of hydrogen-bond acceptors (Lipinski definition) is 7. The lowest BCUT2D eigenvalue weighted by molar-refractivity contribution is -0.148. The van der Waals surface area contributed by atoms with Crippen LogP contribution < -0.4 is 10.6 Å². The van der Waals surface area contributed by atoms with Gasteiger partial charge in [0, 0.05) is 0 Å². The number of ether oxygens (including phenoxy) is 1. The number of nitrogens with one attached hydrogen (secondary N) is 2. The van der Waals surface area contributed by atoms with Crippen molar-refractivity contribution < 1.29 is 44.3 Å². The highest BCUT2D eigenvalue weighted by molar-refractivity contribution is 5.81. The fourth-order valence-corrected chi connectivity index (χ4v) is 1.59. The molecule has 0 saturated carbocycles. The summed E-state index contributed by atoms with van der Waals surface area (Å²) in [6, 6.07) is -3.03. The van der Waals surface area contributed by atoms with E-state index in [9.17, 15) is 19.2 Å². The minimum absolute atomic E-state index is 0.125. The maximum absolute atomic E-state index is 10.9. The molecule has 0 aromatic rings. The molecule has 0 spiro atoms. The molecule has 0 aliphatic carbocycles. The van der Waals surface area contributed by atoms with Crippen LogP contribution in [0, 0.1) is 0 Å². The topological polar surface area (TPSA) is 186 Å². The number of rotatable bonds is 10. The molecule has 0 amide bonds. The van der Waals surface area contributed by atoms with Crippen molar-refractivity contribution >= 4 is 23.9 Å². The quantitative estimate of drug-likeness (QED) is 0.188. The monoisotopic (exact) mass is 306 g/mol. The molecule has 1 heterocycles. The van der Waals surface area contributed by atoms with Gasteiger partial charge >= 0.3 is 23.9 Å². The summed E-state index contributed by atoms with van der Waals surface area (Å²) in [5.41, 5.74) is 0. The first-order valence-corrected chi connectivity index (χ1v) is 5.74. The van der Waals surface area contributed by atoms with E-state index in [-0.39, 0.29) is 6.61 Å². The van der Waals surface area contributed by atoms with Crippen molar-refractivity contribution in [3.05, 3.63) is 0 Å². The smallest absolute Gasteiger partial charge is 0.321 e. The Hall–Kier alpha value is -2.24. The first kappa shape index (κ1) is 16.8. The van der Waals surface area contributed by atoms with Crippen molar-refractivity contribution in [2.24, 2.45) is 0 Å². The molecule has 1 aliphatic rings. The Morgan fingerprint density at radius 1 is 0.905 bits per heavy atom. The van der Waals surface area contributed by atoms with Gasteiger partial charge in [-0.1, -0.05) is 0 Å². The molecule has 11 heteroatoms. The van der Waals surface area contributed by atoms with Gasteiger partial charge in [-0.3, -0.25) is 29.8 Å². The standard InChI is InChI=1S/C10H14N2O9/c13-6(14)1-4(8(17)18)11-10(3-21-10)12-5(9(19)20)2-7(15)16/h4-5,11-12H,1-3H2,(H,13,14)(H,15,16)(H,17,18)(H,19,20). The lowest BCUT2D eigenvalue weighted by Gasteiger charge is -2.23. The van der Waals surface area contributed by atoms with Crippen molar-refractivity contribution in [2.45, 2.75) is 30.8 Å². The molecule has 1 fully saturated rings. The minimum Gasteiger partial charge on any atom is -0.481 e. The lowest BCUT2D eigenvalue weighted by atomic mass is 10.1. The number of hydrogen-bond donors (Lipinski definition) is 6. The Morgan fingerprint density at radius 3 is 1.43 bits per heavy atom. The van der Waals surface area contributed by atoms with Crippen molar-refractivity contribution in [2.75, 3.05) is 6.61 Å². The van der Waals surface area contributed by atoms with Crippen molar-refractivity contribution in [1.29, 1.82) is 0 Å². The highest BCUT2D eigenvalue weighted by Gasteiger charge is 2.50. The minimum atomic E-state index is -1.56. The summed E-state index contributed by atoms with van der Waals surface area (Å²) in [7, 11) is 0. The number of epoxide rings is 1. The third-order valence-corrected chi connectivity index (χ3v) is 2.60. The van der Waals surface area contributed by atoms with E-state index in [0.29, 0.717) is 0 Å². The summed E-state index contributed by atoms with van der Waals surface area (Å²) in [5, 5.41) is 39.6. The van der Waals surface area contributed by atoms with Gasteiger partial charge in [-0.15, -0.1) is 0 Å². The van der Waals surface area contributed by atoms with Crippen LogP contribution in [0.5, 0.6) is 0 Å². The van der Waals surface area contributed by atoms with Gasteiger partial charge in [0.15, 0.2) is 0 Å². The maximum atomic E-state index is 10.9. The van der Waals surface area contributed by atoms with Gasteiger partial charge in [0.25, 0.3) is 0 Å². The molecular formula is C10H14N2O9. The van der Waals surface area contributed by atoms with E-state index in [1.54, 1.807) is 0 Å². The third-order valence-electron chi connectivity index (χ3n) is 2.60. The molecule has 0 aromatic carbocycles. The summed E-state index contributed by atoms with van der Waals surface area (Å²) >= 11 is 0. The molecule has 0 radical (unpaired) electrons. The van der Waals surface area contributed by atoms with Gasteiger partial charge in [-0.2, -0.15) is 0 Å². The van der Waals surface area contributed by atoms with Crippen LogP contribution in [-0.4, -0.2) is 68.8 Å². The third kappa shape index (κ3) is 5.33. The molecule has 6 N–H and O–H groups in total. The average molecular weight is 306 g/mol. The number of carboxylic acids is 4. The summed E-state index contributed by atoms with van der Waals surface area (Å²) in [6.07, 6.45) is -1.50. The molecule has 21 heavy (non-hydrogen) atoms. The zero-order valence-electron chi connectivity index (χ0n) is 10.6. The summed E-state index contributed by atoms with van der Waals surface area (Å²) < 4.78 is 4.89. The largest absolute Gasteiger partial charge is 0.481 e. The Kier molecular flexibility index (Phi) is 5.18. The maximum Gasteiger partial charge on any atom is 0.321 e. The second-order valence-electron chi connectivity index (χ2n) is 4.38. The van der Waals surface area contributed by atoms with E-state index in [4.69, 9.17) is 25.2 Å². The molecule has 1 rings (SSSR count). The van der Waals surface area contributed by atoms with Crippen molar-refractivity contribution in [3.8, 4) is 0 Å². The van der Waals surface area contributed by atoms with Crippen molar-refractivity contribution in [1.82, 2.24) is 10.6 Å². The van der Waals surface area contributed by atoms with Crippen molar-refractivity contribution in [3.63, 3.8) is 0 Å². The van der Waals surface area contributed by atoms with Crippen LogP contribution >= 0.6 is 0 Å². The summed E-state index contributed by atoms with van der Waals surface area (Å²) in [4.78, 5) is 43.0. The number of carboxylic acid groups (broad SMARTS) is 4. The van der Waals surface area contributed by atoms with Crippen LogP contribution in [0.25, 0.3) is 0 Å². The molecule has 1 saturated heterocycles. The van der Waals surface area contributed by atoms with Crippen LogP contribution in [0.4, 0.5) is 0 Å². The number of carbonyl (C=O) groups is 4. The average Bonchev–Trinajstić information content (AvgIpc) is 3.06. The van der Waals surface area contributed by atoms with E-state index >= 15 is 0 Å². The lowest BCUT2D eigenvalue weighted by Crippen LogP contribution is -2.58. The Bertz CT molecular complexity index is 421. The van der Waals surface area contributed by atoms with Gasteiger partial charge in [-0.25, -0.2) is 0 Å². The molecule has 2 atom stereocenters. The molecule has 11 nitrogen and oxygen atoms in total. The normalized spacial score (nSPS) is 23.0. The van der Waals surface area contributed by atoms with Crippen LogP contribution in [-0.2, 0) is 23.9 Å². The molecule has 2 unspecified atom stereocenters. The molecule has 0 bridgehead atoms. The van der Waals surface area contributed by atoms with Crippen LogP contribution in [0.1, 0.15) is 12.8 Å². The Morgan fingerprint density at radius 2 is 1.24 bits per heavy atom. The zero-order valence-corrected chi connectivity index (χ0v) is 10.6. The predicted octanol–water partition coefficient (Wildman–Crippen LogP) is -2.29.